The van der Waals surface area contributed by atoms with Gasteiger partial charge in [-0.15, -0.1) is 0 Å². The van der Waals surface area contributed by atoms with Gasteiger partial charge in [-0.05, 0) is 48.3 Å². The Bertz CT molecular complexity index is 499. The van der Waals surface area contributed by atoms with Gasteiger partial charge < -0.3 is 4.90 Å². The lowest BCUT2D eigenvalue weighted by atomic mass is 10.0. The lowest BCUT2D eigenvalue weighted by Gasteiger charge is -2.41. The smallest absolute Gasteiger partial charge is 0.131 e. The zero-order chi connectivity index (χ0) is 14.0. The first-order chi connectivity index (χ1) is 8.94. The van der Waals surface area contributed by atoms with Crippen molar-refractivity contribution in [2.75, 3.05) is 31.1 Å². The topological polar surface area (TPSA) is 43.2 Å². The SMILES string of the molecule is Cc1cc(Br)cnc1N1CCN(C(C)(C)C#N)CC1. The highest BCUT2D eigenvalue weighted by atomic mass is 79.9. The van der Waals surface area contributed by atoms with Crippen LogP contribution in [0.1, 0.15) is 19.4 Å². The highest BCUT2D eigenvalue weighted by Gasteiger charge is 2.30. The number of pyridine rings is 1. The summed E-state index contributed by atoms with van der Waals surface area (Å²) < 4.78 is 1.01. The van der Waals surface area contributed by atoms with E-state index in [1.54, 1.807) is 0 Å². The summed E-state index contributed by atoms with van der Waals surface area (Å²) in [5.41, 5.74) is 0.802. The van der Waals surface area contributed by atoms with Crippen LogP contribution >= 0.6 is 15.9 Å². The first-order valence-electron chi connectivity index (χ1n) is 6.47. The van der Waals surface area contributed by atoms with Gasteiger partial charge in [-0.1, -0.05) is 0 Å². The van der Waals surface area contributed by atoms with Gasteiger partial charge in [-0.2, -0.15) is 5.26 Å². The highest BCUT2D eigenvalue weighted by Crippen LogP contribution is 2.23. The third-order valence-electron chi connectivity index (χ3n) is 3.66. The minimum atomic E-state index is -0.381. The quantitative estimate of drug-likeness (QED) is 0.839. The Morgan fingerprint density at radius 1 is 1.32 bits per heavy atom. The molecule has 1 aromatic heterocycles. The summed E-state index contributed by atoms with van der Waals surface area (Å²) in [7, 11) is 0. The van der Waals surface area contributed by atoms with E-state index in [9.17, 15) is 5.26 Å². The Morgan fingerprint density at radius 2 is 1.95 bits per heavy atom. The second-order valence-electron chi connectivity index (χ2n) is 5.44. The maximum Gasteiger partial charge on any atom is 0.131 e. The number of aryl methyl sites for hydroxylation is 1. The maximum atomic E-state index is 9.18. The van der Waals surface area contributed by atoms with E-state index in [1.165, 1.54) is 5.56 Å². The Morgan fingerprint density at radius 3 is 2.47 bits per heavy atom. The summed E-state index contributed by atoms with van der Waals surface area (Å²) in [5.74, 6) is 1.05. The first-order valence-corrected chi connectivity index (χ1v) is 7.27. The van der Waals surface area contributed by atoms with Gasteiger partial charge in [0.2, 0.25) is 0 Å². The van der Waals surface area contributed by atoms with Crippen LogP contribution in [0.15, 0.2) is 16.7 Å². The minimum absolute atomic E-state index is 0.381. The Labute approximate surface area is 123 Å². The summed E-state index contributed by atoms with van der Waals surface area (Å²) in [6.07, 6.45) is 1.84. The van der Waals surface area contributed by atoms with E-state index in [0.717, 1.165) is 36.5 Å². The molecule has 0 aliphatic carbocycles. The van der Waals surface area contributed by atoms with Gasteiger partial charge in [0, 0.05) is 36.8 Å². The summed E-state index contributed by atoms with van der Waals surface area (Å²) in [4.78, 5) is 9.04. The molecule has 1 saturated heterocycles. The molecule has 0 saturated carbocycles. The zero-order valence-corrected chi connectivity index (χ0v) is 13.2. The molecule has 0 aromatic carbocycles. The van der Waals surface area contributed by atoms with Crippen molar-refractivity contribution in [1.82, 2.24) is 9.88 Å². The molecular formula is C14H19BrN4. The lowest BCUT2D eigenvalue weighted by molar-refractivity contribution is 0.157. The molecule has 5 heteroatoms. The van der Waals surface area contributed by atoms with Gasteiger partial charge in [0.15, 0.2) is 0 Å². The number of hydrogen-bond donors (Lipinski definition) is 0. The molecule has 19 heavy (non-hydrogen) atoms. The molecule has 0 spiro atoms. The predicted octanol–water partition coefficient (Wildman–Crippen LogP) is 2.58. The number of nitrogens with zero attached hydrogens (tertiary/aromatic N) is 4. The molecule has 0 amide bonds. The molecule has 102 valence electrons. The molecular weight excluding hydrogens is 304 g/mol. The van der Waals surface area contributed by atoms with Gasteiger partial charge >= 0.3 is 0 Å². The zero-order valence-electron chi connectivity index (χ0n) is 11.6. The summed E-state index contributed by atoms with van der Waals surface area (Å²) in [5, 5.41) is 9.18. The highest BCUT2D eigenvalue weighted by molar-refractivity contribution is 9.10. The molecule has 0 radical (unpaired) electrons. The Hall–Kier alpha value is -1.12. The van der Waals surface area contributed by atoms with Crippen LogP contribution in [0.5, 0.6) is 0 Å². The molecule has 2 rings (SSSR count). The third kappa shape index (κ3) is 3.07. The molecule has 4 nitrogen and oxygen atoms in total. The minimum Gasteiger partial charge on any atom is -0.354 e. The Kier molecular flexibility index (Phi) is 4.12. The summed E-state index contributed by atoms with van der Waals surface area (Å²) in [6.45, 7) is 9.67. The second kappa shape index (κ2) is 5.48. The van der Waals surface area contributed by atoms with Crippen molar-refractivity contribution in [3.8, 4) is 6.07 Å². The number of aromatic nitrogens is 1. The van der Waals surface area contributed by atoms with Crippen molar-refractivity contribution < 1.29 is 0 Å². The van der Waals surface area contributed by atoms with E-state index in [1.807, 2.05) is 20.0 Å². The molecule has 1 aliphatic rings. The number of anilines is 1. The molecule has 2 heterocycles. The van der Waals surface area contributed by atoms with E-state index < -0.39 is 0 Å². The fourth-order valence-corrected chi connectivity index (χ4v) is 2.86. The van der Waals surface area contributed by atoms with Crippen LogP contribution in [-0.4, -0.2) is 41.6 Å². The van der Waals surface area contributed by atoms with Gasteiger partial charge in [0.25, 0.3) is 0 Å². The van der Waals surface area contributed by atoms with Crippen LogP contribution in [0.2, 0.25) is 0 Å². The van der Waals surface area contributed by atoms with Gasteiger partial charge in [-0.3, -0.25) is 4.90 Å². The van der Waals surface area contributed by atoms with E-state index >= 15 is 0 Å². The van der Waals surface area contributed by atoms with E-state index in [-0.39, 0.29) is 5.54 Å². The number of piperazine rings is 1. The summed E-state index contributed by atoms with van der Waals surface area (Å²) in [6, 6.07) is 4.46. The Balaban J connectivity index is 2.06. The lowest BCUT2D eigenvalue weighted by Crippen LogP contribution is -2.54. The van der Waals surface area contributed by atoms with Crippen molar-refractivity contribution in [3.63, 3.8) is 0 Å². The third-order valence-corrected chi connectivity index (χ3v) is 4.09. The fraction of sp³-hybridized carbons (Fsp3) is 0.571. The summed E-state index contributed by atoms with van der Waals surface area (Å²) >= 11 is 3.44. The van der Waals surface area contributed by atoms with Crippen molar-refractivity contribution in [1.29, 1.82) is 5.26 Å². The molecule has 1 aliphatic heterocycles. The monoisotopic (exact) mass is 322 g/mol. The van der Waals surface area contributed by atoms with Gasteiger partial charge in [-0.25, -0.2) is 4.98 Å². The predicted molar refractivity (Wildman–Crippen MR) is 80.2 cm³/mol. The largest absolute Gasteiger partial charge is 0.354 e. The van der Waals surface area contributed by atoms with E-state index in [4.69, 9.17) is 0 Å². The number of rotatable bonds is 2. The van der Waals surface area contributed by atoms with Crippen molar-refractivity contribution in [2.24, 2.45) is 0 Å². The van der Waals surface area contributed by atoms with Gasteiger partial charge in [0.1, 0.15) is 11.4 Å². The van der Waals surface area contributed by atoms with Crippen LogP contribution in [0, 0.1) is 18.3 Å². The number of hydrogen-bond acceptors (Lipinski definition) is 4. The molecule has 1 fully saturated rings. The average molecular weight is 323 g/mol. The fourth-order valence-electron chi connectivity index (χ4n) is 2.41. The number of nitriles is 1. The van der Waals surface area contributed by atoms with Crippen LogP contribution in [-0.2, 0) is 0 Å². The van der Waals surface area contributed by atoms with Crippen molar-refractivity contribution in [3.05, 3.63) is 22.3 Å². The second-order valence-corrected chi connectivity index (χ2v) is 6.35. The standard InChI is InChI=1S/C14H19BrN4/c1-11-8-12(15)9-17-13(11)18-4-6-19(7-5-18)14(2,3)10-16/h8-9H,4-7H2,1-3H3. The first kappa shape index (κ1) is 14.3. The maximum absolute atomic E-state index is 9.18. The van der Waals surface area contributed by atoms with Gasteiger partial charge in [0.05, 0.1) is 6.07 Å². The van der Waals surface area contributed by atoms with Crippen LogP contribution in [0.3, 0.4) is 0 Å². The molecule has 1 aromatic rings. The van der Waals surface area contributed by atoms with Crippen LogP contribution in [0.4, 0.5) is 5.82 Å². The normalized spacial score (nSPS) is 17.3. The molecule has 0 N–H and O–H groups in total. The van der Waals surface area contributed by atoms with Crippen molar-refractivity contribution in [2.45, 2.75) is 26.3 Å². The molecule has 0 atom stereocenters. The molecule has 0 bridgehead atoms. The average Bonchev–Trinajstić information content (AvgIpc) is 2.39. The van der Waals surface area contributed by atoms with Crippen LogP contribution in [0.25, 0.3) is 0 Å². The van der Waals surface area contributed by atoms with Crippen molar-refractivity contribution >= 4 is 21.7 Å². The van der Waals surface area contributed by atoms with E-state index in [0.29, 0.717) is 0 Å². The van der Waals surface area contributed by atoms with Crippen LogP contribution < -0.4 is 4.90 Å². The molecule has 0 unspecified atom stereocenters. The van der Waals surface area contributed by atoms with E-state index in [2.05, 4.69) is 49.8 Å². The number of halogens is 1.